The molecule has 1 aromatic carbocycles. The van der Waals surface area contributed by atoms with Crippen molar-refractivity contribution in [2.75, 3.05) is 0 Å². The average Bonchev–Trinajstić information content (AvgIpc) is 2.73. The first-order valence-corrected chi connectivity index (χ1v) is 5.49. The lowest BCUT2D eigenvalue weighted by Crippen LogP contribution is -2.31. The predicted molar refractivity (Wildman–Crippen MR) is 63.3 cm³/mol. The van der Waals surface area contributed by atoms with E-state index >= 15 is 0 Å². The number of halogens is 2. The van der Waals surface area contributed by atoms with Crippen LogP contribution in [-0.2, 0) is 13.5 Å². The molecule has 1 heterocycles. The molecule has 0 amide bonds. The largest absolute Gasteiger partial charge is 0.338 e. The zero-order chi connectivity index (χ0) is 13.1. The van der Waals surface area contributed by atoms with E-state index in [-0.39, 0.29) is 0 Å². The Hall–Kier alpha value is -1.79. The summed E-state index contributed by atoms with van der Waals surface area (Å²) >= 11 is 0. The van der Waals surface area contributed by atoms with Crippen LogP contribution in [0.5, 0.6) is 0 Å². The topological polar surface area (TPSA) is 55.9 Å². The number of nitrogens with zero attached hydrogens (tertiary/aromatic N) is 2. The fraction of sp³-hybridized carbons (Fsp3) is 0.250. The maximum atomic E-state index is 13.7. The lowest BCUT2D eigenvalue weighted by molar-refractivity contribution is 0.490. The van der Waals surface area contributed by atoms with Gasteiger partial charge in [0.1, 0.15) is 17.5 Å². The van der Waals surface area contributed by atoms with Gasteiger partial charge in [-0.3, -0.25) is 11.3 Å². The Kier molecular flexibility index (Phi) is 3.69. The number of benzene rings is 1. The Morgan fingerprint density at radius 1 is 1.44 bits per heavy atom. The lowest BCUT2D eigenvalue weighted by atomic mass is 10.0. The second-order valence-electron chi connectivity index (χ2n) is 4.04. The molecule has 0 saturated carbocycles. The van der Waals surface area contributed by atoms with Gasteiger partial charge in [-0.15, -0.1) is 0 Å². The Balaban J connectivity index is 2.26. The van der Waals surface area contributed by atoms with Crippen molar-refractivity contribution in [3.63, 3.8) is 0 Å². The van der Waals surface area contributed by atoms with Crippen LogP contribution in [0.25, 0.3) is 0 Å². The van der Waals surface area contributed by atoms with Crippen LogP contribution in [0.2, 0.25) is 0 Å². The van der Waals surface area contributed by atoms with Gasteiger partial charge in [-0.1, -0.05) is 6.07 Å². The van der Waals surface area contributed by atoms with Crippen LogP contribution in [-0.4, -0.2) is 9.55 Å². The van der Waals surface area contributed by atoms with Gasteiger partial charge in [0.05, 0.1) is 6.04 Å². The third-order valence-electron chi connectivity index (χ3n) is 2.85. The number of nitrogens with two attached hydrogens (primary N) is 1. The highest BCUT2D eigenvalue weighted by Gasteiger charge is 2.17. The summed E-state index contributed by atoms with van der Waals surface area (Å²) < 4.78 is 28.3. The maximum absolute atomic E-state index is 13.7. The summed E-state index contributed by atoms with van der Waals surface area (Å²) in [5, 5.41) is 0. The number of aryl methyl sites for hydroxylation is 1. The first kappa shape index (κ1) is 12.7. The molecule has 2 aromatic rings. The third kappa shape index (κ3) is 2.55. The fourth-order valence-corrected chi connectivity index (χ4v) is 1.82. The van der Waals surface area contributed by atoms with Gasteiger partial charge in [-0.25, -0.2) is 13.8 Å². The van der Waals surface area contributed by atoms with Gasteiger partial charge >= 0.3 is 0 Å². The van der Waals surface area contributed by atoms with Gasteiger partial charge in [0.15, 0.2) is 0 Å². The number of nitrogens with one attached hydrogen (secondary N) is 1. The molecule has 0 fully saturated rings. The summed E-state index contributed by atoms with van der Waals surface area (Å²) in [5.41, 5.74) is 2.85. The minimum absolute atomic E-state index is 0.321. The highest BCUT2D eigenvalue weighted by molar-refractivity contribution is 5.23. The van der Waals surface area contributed by atoms with E-state index in [0.29, 0.717) is 12.0 Å². The van der Waals surface area contributed by atoms with E-state index in [9.17, 15) is 8.78 Å². The van der Waals surface area contributed by atoms with E-state index in [1.54, 1.807) is 12.4 Å². The maximum Gasteiger partial charge on any atom is 0.130 e. The molecule has 1 unspecified atom stereocenters. The molecule has 0 saturated heterocycles. The van der Waals surface area contributed by atoms with Crippen molar-refractivity contribution in [2.45, 2.75) is 12.5 Å². The summed E-state index contributed by atoms with van der Waals surface area (Å²) in [7, 11) is 1.84. The molecule has 0 bridgehead atoms. The van der Waals surface area contributed by atoms with E-state index in [0.717, 1.165) is 11.9 Å². The zero-order valence-corrected chi connectivity index (χ0v) is 9.90. The normalized spacial score (nSPS) is 12.7. The highest BCUT2D eigenvalue weighted by atomic mass is 19.1. The van der Waals surface area contributed by atoms with Gasteiger partial charge in [0.25, 0.3) is 0 Å². The number of rotatable bonds is 4. The number of hydrogen-bond donors (Lipinski definition) is 2. The Bertz CT molecular complexity index is 539. The number of aromatic nitrogens is 2. The molecular weight excluding hydrogens is 238 g/mol. The Labute approximate surface area is 103 Å². The molecule has 0 aliphatic heterocycles. The van der Waals surface area contributed by atoms with E-state index < -0.39 is 17.7 Å². The Morgan fingerprint density at radius 2 is 2.22 bits per heavy atom. The third-order valence-corrected chi connectivity index (χ3v) is 2.85. The molecule has 1 atom stereocenters. The van der Waals surface area contributed by atoms with Crippen molar-refractivity contribution < 1.29 is 8.78 Å². The van der Waals surface area contributed by atoms with E-state index in [2.05, 4.69) is 10.4 Å². The molecule has 0 spiro atoms. The number of hydrogen-bond acceptors (Lipinski definition) is 3. The Morgan fingerprint density at radius 3 is 2.78 bits per heavy atom. The minimum atomic E-state index is -0.618. The van der Waals surface area contributed by atoms with Crippen LogP contribution >= 0.6 is 0 Å². The summed E-state index contributed by atoms with van der Waals surface area (Å²) in [6, 6.07) is 2.99. The van der Waals surface area contributed by atoms with Crippen LogP contribution in [0.1, 0.15) is 17.4 Å². The first-order chi connectivity index (χ1) is 8.61. The smallest absolute Gasteiger partial charge is 0.130 e. The van der Waals surface area contributed by atoms with Crippen molar-refractivity contribution in [1.82, 2.24) is 15.0 Å². The quantitative estimate of drug-likeness (QED) is 0.639. The zero-order valence-electron chi connectivity index (χ0n) is 9.90. The summed E-state index contributed by atoms with van der Waals surface area (Å²) in [4.78, 5) is 4.15. The summed E-state index contributed by atoms with van der Waals surface area (Å²) in [6.45, 7) is 0. The van der Waals surface area contributed by atoms with E-state index in [1.807, 2.05) is 11.6 Å². The standard InChI is InChI=1S/C12H14F2N4/c1-18-5-4-16-12(18)7-11(17-15)9-3-2-8(13)6-10(9)14/h2-6,11,17H,7,15H2,1H3. The van der Waals surface area contributed by atoms with Crippen molar-refractivity contribution in [1.29, 1.82) is 0 Å². The number of hydrazine groups is 1. The van der Waals surface area contributed by atoms with Crippen LogP contribution < -0.4 is 11.3 Å². The van der Waals surface area contributed by atoms with Gasteiger partial charge in [-0.2, -0.15) is 0 Å². The molecule has 3 N–H and O–H groups in total. The van der Waals surface area contributed by atoms with E-state index in [4.69, 9.17) is 5.84 Å². The van der Waals surface area contributed by atoms with E-state index in [1.165, 1.54) is 12.1 Å². The second-order valence-corrected chi connectivity index (χ2v) is 4.04. The van der Waals surface area contributed by atoms with Gasteiger partial charge < -0.3 is 4.57 Å². The van der Waals surface area contributed by atoms with Crippen LogP contribution in [0.3, 0.4) is 0 Å². The number of imidazole rings is 1. The molecule has 0 radical (unpaired) electrons. The van der Waals surface area contributed by atoms with Crippen LogP contribution in [0.4, 0.5) is 8.78 Å². The van der Waals surface area contributed by atoms with Crippen molar-refractivity contribution in [3.05, 3.63) is 53.6 Å². The summed E-state index contributed by atoms with van der Waals surface area (Å²) in [6.07, 6.45) is 3.87. The molecular formula is C12H14F2N4. The van der Waals surface area contributed by atoms with Crippen LogP contribution in [0, 0.1) is 11.6 Å². The van der Waals surface area contributed by atoms with Gasteiger partial charge in [-0.05, 0) is 6.07 Å². The van der Waals surface area contributed by atoms with Crippen molar-refractivity contribution in [2.24, 2.45) is 12.9 Å². The monoisotopic (exact) mass is 252 g/mol. The molecule has 18 heavy (non-hydrogen) atoms. The second kappa shape index (κ2) is 5.24. The molecule has 1 aromatic heterocycles. The molecule has 4 nitrogen and oxygen atoms in total. The van der Waals surface area contributed by atoms with Crippen LogP contribution in [0.15, 0.2) is 30.6 Å². The molecule has 0 aliphatic carbocycles. The molecule has 2 rings (SSSR count). The van der Waals surface area contributed by atoms with Crippen molar-refractivity contribution in [3.8, 4) is 0 Å². The van der Waals surface area contributed by atoms with Crippen molar-refractivity contribution >= 4 is 0 Å². The molecule has 6 heteroatoms. The first-order valence-electron chi connectivity index (χ1n) is 5.49. The summed E-state index contributed by atoms with van der Waals surface area (Å²) in [5.74, 6) is 4.97. The lowest BCUT2D eigenvalue weighted by Gasteiger charge is -2.16. The molecule has 96 valence electrons. The van der Waals surface area contributed by atoms with Gasteiger partial charge in [0, 0.05) is 37.5 Å². The predicted octanol–water partition coefficient (Wildman–Crippen LogP) is 1.45. The minimum Gasteiger partial charge on any atom is -0.338 e. The average molecular weight is 252 g/mol. The molecule has 0 aliphatic rings. The SMILES string of the molecule is Cn1ccnc1CC(NN)c1ccc(F)cc1F. The van der Waals surface area contributed by atoms with Gasteiger partial charge in [0.2, 0.25) is 0 Å². The highest BCUT2D eigenvalue weighted by Crippen LogP contribution is 2.20. The fourth-order valence-electron chi connectivity index (χ4n) is 1.82.